The monoisotopic (exact) mass is 689 g/mol. The Balaban J connectivity index is 0.967. The summed E-state index contributed by atoms with van der Waals surface area (Å²) in [6.45, 7) is 8.31. The van der Waals surface area contributed by atoms with E-state index in [-0.39, 0.29) is 0 Å². The van der Waals surface area contributed by atoms with E-state index in [0.717, 1.165) is 76.0 Å². The van der Waals surface area contributed by atoms with Crippen molar-refractivity contribution in [1.82, 2.24) is 29.7 Å². The van der Waals surface area contributed by atoms with Gasteiger partial charge in [0, 0.05) is 73.3 Å². The highest BCUT2D eigenvalue weighted by Gasteiger charge is 2.39. The first-order valence-electron chi connectivity index (χ1n) is 16.0. The van der Waals surface area contributed by atoms with Crippen molar-refractivity contribution in [2.24, 2.45) is 0 Å². The molecule has 1 unspecified atom stereocenters. The van der Waals surface area contributed by atoms with Crippen LogP contribution in [0.2, 0.25) is 5.02 Å². The molecule has 3 aliphatic heterocycles. The van der Waals surface area contributed by atoms with Crippen LogP contribution in [-0.2, 0) is 6.42 Å². The summed E-state index contributed by atoms with van der Waals surface area (Å²) in [4.78, 5) is 26.2. The number of fused-ring (bicyclic) bond motifs is 4. The lowest BCUT2D eigenvalue weighted by Crippen LogP contribution is -2.60. The lowest BCUT2D eigenvalue weighted by atomic mass is 9.99. The van der Waals surface area contributed by atoms with Crippen molar-refractivity contribution in [2.45, 2.75) is 57.2 Å². The van der Waals surface area contributed by atoms with Gasteiger partial charge in [-0.05, 0) is 79.3 Å². The molecular weight excluding hydrogens is 654 g/mol. The zero-order valence-electron chi connectivity index (χ0n) is 25.3. The van der Waals surface area contributed by atoms with Crippen molar-refractivity contribution in [3.63, 3.8) is 0 Å². The molecule has 8 rings (SSSR count). The third-order valence-electron chi connectivity index (χ3n) is 9.69. The molecule has 1 saturated carbocycles. The molecule has 2 aromatic carbocycles. The van der Waals surface area contributed by atoms with E-state index in [4.69, 9.17) is 21.3 Å². The van der Waals surface area contributed by atoms with E-state index in [0.29, 0.717) is 35.5 Å². The maximum absolute atomic E-state index is 6.96. The van der Waals surface area contributed by atoms with Gasteiger partial charge in [0.2, 0.25) is 5.95 Å². The average molecular weight is 691 g/mol. The van der Waals surface area contributed by atoms with Crippen LogP contribution in [0.4, 0.5) is 28.8 Å². The first-order valence-corrected chi connectivity index (χ1v) is 17.2. The number of aromatic nitrogens is 4. The molecule has 1 atom stereocenters. The lowest BCUT2D eigenvalue weighted by Gasteiger charge is -2.49. The van der Waals surface area contributed by atoms with Crippen LogP contribution in [-0.4, -0.2) is 87.2 Å². The molecule has 2 saturated heterocycles. The molecular formula is C33H37BrClN9O. The molecule has 45 heavy (non-hydrogen) atoms. The highest BCUT2D eigenvalue weighted by atomic mass is 79.9. The summed E-state index contributed by atoms with van der Waals surface area (Å²) in [6.07, 6.45) is 11.3. The summed E-state index contributed by atoms with van der Waals surface area (Å²) >= 11 is 10.6. The number of likely N-dealkylation sites (tertiary alicyclic amines) is 1. The number of aryl methyl sites for hydroxylation is 1. The molecule has 12 heteroatoms. The van der Waals surface area contributed by atoms with Gasteiger partial charge in [0.05, 0.1) is 32.3 Å². The Bertz CT molecular complexity index is 1730. The first-order chi connectivity index (χ1) is 22.0. The van der Waals surface area contributed by atoms with Crippen molar-refractivity contribution in [3.05, 3.63) is 57.9 Å². The molecule has 0 bridgehead atoms. The average Bonchev–Trinajstić information content (AvgIpc) is 3.92. The number of anilines is 5. The summed E-state index contributed by atoms with van der Waals surface area (Å²) in [5.41, 5.74) is 5.54. The molecule has 2 aromatic heterocycles. The van der Waals surface area contributed by atoms with Crippen molar-refractivity contribution in [3.8, 4) is 5.75 Å². The summed E-state index contributed by atoms with van der Waals surface area (Å²) in [5.74, 6) is 1.89. The number of rotatable bonds is 7. The largest absolute Gasteiger partial charge is 0.489 e. The highest BCUT2D eigenvalue weighted by molar-refractivity contribution is 9.10. The molecule has 0 amide bonds. The minimum Gasteiger partial charge on any atom is -0.489 e. The van der Waals surface area contributed by atoms with Crippen LogP contribution in [0.3, 0.4) is 0 Å². The Labute approximate surface area is 276 Å². The van der Waals surface area contributed by atoms with Gasteiger partial charge in [0.25, 0.3) is 0 Å². The van der Waals surface area contributed by atoms with Crippen molar-refractivity contribution < 1.29 is 4.74 Å². The molecule has 234 valence electrons. The van der Waals surface area contributed by atoms with Crippen LogP contribution in [0.1, 0.15) is 38.2 Å². The van der Waals surface area contributed by atoms with Crippen LogP contribution >= 0.6 is 27.5 Å². The number of hydrogen-bond donors (Lipinski definition) is 2. The standard InChI is InChI=1S/C33H37BrClN9O/c1-2-24-27(5-6-28-30(24)37-10-9-36-28)40-32-25(34)17-38-33(41-32)39-20-15-26(35)31-29(16-20)45-19-23-18-43(13-14-44(23)31)22-7-11-42(12-8-22)21-3-4-21/h5-6,9-10,15-17,21-23H,2-4,7-8,11-14,18-19H2,1H3,(H2,38,39,40,41). The van der Waals surface area contributed by atoms with E-state index in [1.54, 1.807) is 18.6 Å². The number of halogens is 2. The van der Waals surface area contributed by atoms with Gasteiger partial charge in [0.1, 0.15) is 18.2 Å². The van der Waals surface area contributed by atoms with E-state index in [9.17, 15) is 0 Å². The van der Waals surface area contributed by atoms with Crippen LogP contribution in [0.5, 0.6) is 5.75 Å². The van der Waals surface area contributed by atoms with Gasteiger partial charge >= 0.3 is 0 Å². The van der Waals surface area contributed by atoms with E-state index in [1.807, 2.05) is 24.3 Å². The van der Waals surface area contributed by atoms with E-state index in [2.05, 4.69) is 63.1 Å². The fraction of sp³-hybridized carbons (Fsp3) is 0.455. The first kappa shape index (κ1) is 29.2. The number of nitrogens with one attached hydrogen (secondary N) is 2. The number of hydrogen-bond acceptors (Lipinski definition) is 10. The summed E-state index contributed by atoms with van der Waals surface area (Å²) in [5, 5.41) is 7.49. The van der Waals surface area contributed by atoms with Gasteiger partial charge in [-0.2, -0.15) is 4.98 Å². The van der Waals surface area contributed by atoms with Crippen molar-refractivity contribution in [2.75, 3.05) is 54.9 Å². The number of ether oxygens (including phenoxy) is 1. The predicted octanol–water partition coefficient (Wildman–Crippen LogP) is 6.40. The SMILES string of the molecule is CCc1c(Nc2nc(Nc3cc(Cl)c4c(c3)OCC3CN(C5CCN(C6CC6)CC5)CCN43)ncc2Br)ccc2nccnc12. The second-order valence-corrected chi connectivity index (χ2v) is 13.7. The molecule has 0 radical (unpaired) electrons. The van der Waals surface area contributed by atoms with Crippen LogP contribution in [0, 0.1) is 0 Å². The van der Waals surface area contributed by atoms with Crippen LogP contribution in [0.25, 0.3) is 11.0 Å². The molecule has 0 spiro atoms. The minimum absolute atomic E-state index is 0.307. The second kappa shape index (κ2) is 12.2. The van der Waals surface area contributed by atoms with Crippen molar-refractivity contribution >= 4 is 67.4 Å². The predicted molar refractivity (Wildman–Crippen MR) is 182 cm³/mol. The molecule has 3 fully saturated rings. The Morgan fingerprint density at radius 2 is 1.76 bits per heavy atom. The van der Waals surface area contributed by atoms with Gasteiger partial charge < -0.3 is 25.2 Å². The Kier molecular flexibility index (Phi) is 7.89. The fourth-order valence-electron chi connectivity index (χ4n) is 7.26. The third kappa shape index (κ3) is 5.80. The molecule has 5 heterocycles. The molecule has 10 nitrogen and oxygen atoms in total. The van der Waals surface area contributed by atoms with Gasteiger partial charge in [0.15, 0.2) is 0 Å². The fourth-order valence-corrected chi connectivity index (χ4v) is 7.87. The van der Waals surface area contributed by atoms with Gasteiger partial charge in [-0.3, -0.25) is 14.9 Å². The summed E-state index contributed by atoms with van der Waals surface area (Å²) in [7, 11) is 0. The Morgan fingerprint density at radius 1 is 0.933 bits per heavy atom. The van der Waals surface area contributed by atoms with Crippen molar-refractivity contribution in [1.29, 1.82) is 0 Å². The maximum Gasteiger partial charge on any atom is 0.229 e. The van der Waals surface area contributed by atoms with Crippen LogP contribution in [0.15, 0.2) is 47.3 Å². The summed E-state index contributed by atoms with van der Waals surface area (Å²) in [6, 6.07) is 9.80. The number of piperazine rings is 1. The third-order valence-corrected chi connectivity index (χ3v) is 10.6. The number of piperidine rings is 1. The Hall–Kier alpha value is -3.25. The molecule has 4 aromatic rings. The minimum atomic E-state index is 0.307. The lowest BCUT2D eigenvalue weighted by molar-refractivity contribution is 0.0768. The topological polar surface area (TPSA) is 94.6 Å². The molecule has 1 aliphatic carbocycles. The van der Waals surface area contributed by atoms with Gasteiger partial charge in [-0.25, -0.2) is 4.98 Å². The summed E-state index contributed by atoms with van der Waals surface area (Å²) < 4.78 is 7.10. The highest BCUT2D eigenvalue weighted by Crippen LogP contribution is 2.44. The van der Waals surface area contributed by atoms with Crippen LogP contribution < -0.4 is 20.3 Å². The smallest absolute Gasteiger partial charge is 0.229 e. The van der Waals surface area contributed by atoms with E-state index in [1.165, 1.54) is 38.8 Å². The molecule has 4 aliphatic rings. The second-order valence-electron chi connectivity index (χ2n) is 12.5. The number of benzene rings is 2. The number of nitrogens with zero attached hydrogens (tertiary/aromatic N) is 7. The maximum atomic E-state index is 6.96. The van der Waals surface area contributed by atoms with Gasteiger partial charge in [-0.1, -0.05) is 18.5 Å². The molecule has 2 N–H and O–H groups in total. The van der Waals surface area contributed by atoms with Gasteiger partial charge in [-0.15, -0.1) is 0 Å². The van der Waals surface area contributed by atoms with E-state index >= 15 is 0 Å². The normalized spacial score (nSPS) is 20.9. The zero-order chi connectivity index (χ0) is 30.5. The van der Waals surface area contributed by atoms with E-state index < -0.39 is 0 Å². The Morgan fingerprint density at radius 3 is 2.58 bits per heavy atom. The zero-order valence-corrected chi connectivity index (χ0v) is 27.7. The quantitative estimate of drug-likeness (QED) is 0.227.